The summed E-state index contributed by atoms with van der Waals surface area (Å²) in [6.07, 6.45) is 0. The zero-order valence-electron chi connectivity index (χ0n) is 4.87. The maximum Gasteiger partial charge on any atom is 0.184 e. The molecule has 1 aliphatic heterocycles. The highest BCUT2D eigenvalue weighted by Crippen LogP contribution is 1.97. The van der Waals surface area contributed by atoms with Gasteiger partial charge < -0.3 is 14.6 Å². The van der Waals surface area contributed by atoms with Gasteiger partial charge in [-0.1, -0.05) is 0 Å². The average Bonchev–Trinajstić information content (AvgIpc) is 1.90. The van der Waals surface area contributed by atoms with Gasteiger partial charge in [-0.05, 0) is 0 Å². The molecule has 4 nitrogen and oxygen atoms in total. The maximum absolute atomic E-state index is 10.3. The lowest BCUT2D eigenvalue weighted by molar-refractivity contribution is 0.0776. The first-order valence-corrected chi connectivity index (χ1v) is 3.89. The monoisotopic (exact) mass is 151 g/mol. The van der Waals surface area contributed by atoms with E-state index in [9.17, 15) is 4.21 Å². The zero-order valence-corrected chi connectivity index (χ0v) is 5.69. The largest absolute Gasteiger partial charge is 0.360 e. The second-order valence-corrected chi connectivity index (χ2v) is 2.86. The quantitative estimate of drug-likeness (QED) is 0.479. The van der Waals surface area contributed by atoms with E-state index in [1.165, 1.54) is 0 Å². The van der Waals surface area contributed by atoms with Gasteiger partial charge in [0, 0.05) is 13.1 Å². The van der Waals surface area contributed by atoms with Crippen molar-refractivity contribution in [1.82, 2.24) is 5.32 Å². The van der Waals surface area contributed by atoms with Crippen molar-refractivity contribution in [1.29, 1.82) is 0 Å². The van der Waals surface area contributed by atoms with Crippen LogP contribution in [0.4, 0.5) is 0 Å². The number of ether oxygens (including phenoxy) is 1. The molecule has 2 N–H and O–H groups in total. The Bertz CT molecular complexity index is 112. The number of hydrogen-bond acceptors (Lipinski definition) is 3. The third kappa shape index (κ3) is 2.02. The van der Waals surface area contributed by atoms with Crippen molar-refractivity contribution in [2.75, 3.05) is 19.7 Å². The van der Waals surface area contributed by atoms with Crippen LogP contribution in [0.5, 0.6) is 0 Å². The molecule has 1 saturated heterocycles. The summed E-state index contributed by atoms with van der Waals surface area (Å²) in [6, 6.07) is 0. The summed E-state index contributed by atoms with van der Waals surface area (Å²) in [5, 5.41) is 2.94. The van der Waals surface area contributed by atoms with Gasteiger partial charge in [0.05, 0.1) is 6.61 Å². The predicted octanol–water partition coefficient (Wildman–Crippen LogP) is -0.846. The molecular formula is C4H9NO3S. The molecule has 0 aliphatic carbocycles. The van der Waals surface area contributed by atoms with Gasteiger partial charge in [-0.2, -0.15) is 0 Å². The molecule has 5 heteroatoms. The summed E-state index contributed by atoms with van der Waals surface area (Å²) in [4.78, 5) is 0. The number of morpholine rings is 1. The summed E-state index contributed by atoms with van der Waals surface area (Å²) < 4.78 is 23.7. The smallest absolute Gasteiger partial charge is 0.184 e. The molecule has 1 aliphatic rings. The molecular weight excluding hydrogens is 142 g/mol. The van der Waals surface area contributed by atoms with Crippen molar-refractivity contribution >= 4 is 11.1 Å². The summed E-state index contributed by atoms with van der Waals surface area (Å²) in [5.41, 5.74) is -0.529. The highest BCUT2D eigenvalue weighted by Gasteiger charge is 2.17. The van der Waals surface area contributed by atoms with E-state index in [2.05, 4.69) is 5.32 Å². The number of rotatable bonds is 1. The minimum Gasteiger partial charge on any atom is -0.360 e. The average molecular weight is 151 g/mol. The number of hydrogen-bond donors (Lipinski definition) is 2. The van der Waals surface area contributed by atoms with E-state index in [0.29, 0.717) is 13.2 Å². The Balaban J connectivity index is 2.31. The Morgan fingerprint density at radius 1 is 1.78 bits per heavy atom. The first kappa shape index (κ1) is 7.14. The third-order valence-electron chi connectivity index (χ3n) is 1.12. The molecule has 54 valence electrons. The van der Waals surface area contributed by atoms with Gasteiger partial charge in [-0.15, -0.1) is 0 Å². The molecule has 0 bridgehead atoms. The fourth-order valence-electron chi connectivity index (χ4n) is 0.671. The van der Waals surface area contributed by atoms with Crippen LogP contribution >= 0.6 is 0 Å². The highest BCUT2D eigenvalue weighted by atomic mass is 32.2. The SMILES string of the molecule is O=S(O)C1CNCCO1. The Hall–Kier alpha value is 0.0300. The fourth-order valence-corrected chi connectivity index (χ4v) is 1.14. The minimum atomic E-state index is -1.84. The number of nitrogens with one attached hydrogen (secondary N) is 1. The van der Waals surface area contributed by atoms with Gasteiger partial charge in [0.2, 0.25) is 0 Å². The summed E-state index contributed by atoms with van der Waals surface area (Å²) in [6.45, 7) is 1.77. The Kier molecular flexibility index (Phi) is 2.59. The van der Waals surface area contributed by atoms with Gasteiger partial charge >= 0.3 is 0 Å². The third-order valence-corrected chi connectivity index (χ3v) is 1.87. The van der Waals surface area contributed by atoms with Gasteiger partial charge in [-0.25, -0.2) is 4.21 Å². The van der Waals surface area contributed by atoms with Gasteiger partial charge in [0.25, 0.3) is 0 Å². The lowest BCUT2D eigenvalue weighted by Crippen LogP contribution is -2.40. The van der Waals surface area contributed by atoms with Gasteiger partial charge in [-0.3, -0.25) is 0 Å². The van der Waals surface area contributed by atoms with Crippen LogP contribution in [0.3, 0.4) is 0 Å². The molecule has 0 saturated carbocycles. The molecule has 1 fully saturated rings. The summed E-state index contributed by atoms with van der Waals surface area (Å²) >= 11 is -1.84. The summed E-state index contributed by atoms with van der Waals surface area (Å²) in [7, 11) is 0. The molecule has 0 aromatic heterocycles. The van der Waals surface area contributed by atoms with E-state index in [0.717, 1.165) is 6.54 Å². The molecule has 0 aromatic carbocycles. The molecule has 0 aromatic rings. The topological polar surface area (TPSA) is 58.6 Å². The van der Waals surface area contributed by atoms with Crippen LogP contribution < -0.4 is 5.32 Å². The summed E-state index contributed by atoms with van der Waals surface area (Å²) in [5.74, 6) is 0. The van der Waals surface area contributed by atoms with Crippen LogP contribution in [0.2, 0.25) is 0 Å². The van der Waals surface area contributed by atoms with Crippen molar-refractivity contribution in [2.24, 2.45) is 0 Å². The van der Waals surface area contributed by atoms with Crippen LogP contribution in [0, 0.1) is 0 Å². The second kappa shape index (κ2) is 3.26. The maximum atomic E-state index is 10.3. The van der Waals surface area contributed by atoms with Crippen LogP contribution in [0.15, 0.2) is 0 Å². The van der Waals surface area contributed by atoms with Crippen molar-refractivity contribution < 1.29 is 13.5 Å². The normalized spacial score (nSPS) is 31.9. The van der Waals surface area contributed by atoms with Crippen molar-refractivity contribution in [3.63, 3.8) is 0 Å². The molecule has 0 amide bonds. The van der Waals surface area contributed by atoms with Crippen LogP contribution in [0.25, 0.3) is 0 Å². The van der Waals surface area contributed by atoms with Crippen molar-refractivity contribution in [2.45, 2.75) is 5.44 Å². The highest BCUT2D eigenvalue weighted by molar-refractivity contribution is 7.79. The van der Waals surface area contributed by atoms with Crippen LogP contribution in [-0.2, 0) is 15.8 Å². The molecule has 1 rings (SSSR count). The van der Waals surface area contributed by atoms with Gasteiger partial charge in [0.1, 0.15) is 0 Å². The minimum absolute atomic E-state index is 0.475. The van der Waals surface area contributed by atoms with E-state index in [4.69, 9.17) is 9.29 Å². The molecule has 2 unspecified atom stereocenters. The van der Waals surface area contributed by atoms with Gasteiger partial charge in [0.15, 0.2) is 16.5 Å². The Morgan fingerprint density at radius 2 is 2.56 bits per heavy atom. The Morgan fingerprint density at radius 3 is 2.89 bits per heavy atom. The van der Waals surface area contributed by atoms with E-state index >= 15 is 0 Å². The fraction of sp³-hybridized carbons (Fsp3) is 1.00. The standard InChI is InChI=1S/C4H9NO3S/c6-9(7)4-3-5-1-2-8-4/h4-5H,1-3H2,(H,6,7). The molecule has 9 heavy (non-hydrogen) atoms. The lowest BCUT2D eigenvalue weighted by Gasteiger charge is -2.19. The first-order valence-electron chi connectivity index (χ1n) is 2.72. The predicted molar refractivity (Wildman–Crippen MR) is 33.4 cm³/mol. The second-order valence-electron chi connectivity index (χ2n) is 1.78. The van der Waals surface area contributed by atoms with E-state index in [1.54, 1.807) is 0 Å². The van der Waals surface area contributed by atoms with E-state index in [1.807, 2.05) is 0 Å². The first-order chi connectivity index (χ1) is 4.30. The molecule has 0 radical (unpaired) electrons. The van der Waals surface area contributed by atoms with E-state index in [-0.39, 0.29) is 0 Å². The van der Waals surface area contributed by atoms with Crippen molar-refractivity contribution in [3.8, 4) is 0 Å². The van der Waals surface area contributed by atoms with Crippen LogP contribution in [-0.4, -0.2) is 33.9 Å². The Labute approximate surface area is 55.9 Å². The lowest BCUT2D eigenvalue weighted by atomic mass is 10.5. The van der Waals surface area contributed by atoms with Crippen LogP contribution in [0.1, 0.15) is 0 Å². The van der Waals surface area contributed by atoms with E-state index < -0.39 is 16.5 Å². The molecule has 0 spiro atoms. The molecule has 2 atom stereocenters. The molecule has 1 heterocycles. The van der Waals surface area contributed by atoms with Crippen molar-refractivity contribution in [3.05, 3.63) is 0 Å². The zero-order chi connectivity index (χ0) is 6.69.